The largest absolute Gasteiger partial charge is 0.345 e. The van der Waals surface area contributed by atoms with E-state index in [0.717, 1.165) is 28.1 Å². The molecule has 0 spiro atoms. The van der Waals surface area contributed by atoms with Crippen LogP contribution in [0.2, 0.25) is 0 Å². The maximum atomic E-state index is 11.7. The minimum absolute atomic E-state index is 0.104. The highest BCUT2D eigenvalue weighted by molar-refractivity contribution is 7.18. The van der Waals surface area contributed by atoms with Gasteiger partial charge in [-0.1, -0.05) is 12.1 Å². The van der Waals surface area contributed by atoms with Crippen molar-refractivity contribution in [3.05, 3.63) is 29.3 Å². The molecule has 0 unspecified atom stereocenters. The van der Waals surface area contributed by atoms with Gasteiger partial charge >= 0.3 is 11.8 Å². The minimum atomic E-state index is -0.846. The topological polar surface area (TPSA) is 100 Å². The van der Waals surface area contributed by atoms with Crippen LogP contribution in [0.25, 0.3) is 10.2 Å². The summed E-state index contributed by atoms with van der Waals surface area (Å²) in [5.74, 6) is -1.89. The number of aromatic nitrogens is 1. The van der Waals surface area contributed by atoms with Crippen molar-refractivity contribution in [3.8, 4) is 0 Å². The fourth-order valence-electron chi connectivity index (χ4n) is 2.15. The summed E-state index contributed by atoms with van der Waals surface area (Å²) in [6.45, 7) is 0. The van der Waals surface area contributed by atoms with E-state index in [1.54, 1.807) is 11.3 Å². The number of carbonyl (C=O) groups is 3. The zero-order chi connectivity index (χ0) is 16.9. The molecule has 24 heavy (non-hydrogen) atoms. The van der Waals surface area contributed by atoms with E-state index in [4.69, 9.17) is 0 Å². The van der Waals surface area contributed by atoms with Gasteiger partial charge < -0.3 is 5.32 Å². The lowest BCUT2D eigenvalue weighted by Gasteiger charge is -2.07. The lowest BCUT2D eigenvalue weighted by Crippen LogP contribution is -2.48. The number of aryl methyl sites for hydroxylation is 1. The number of nitrogens with zero attached hydrogens (tertiary/aromatic N) is 1. The summed E-state index contributed by atoms with van der Waals surface area (Å²) in [5.41, 5.74) is 5.34. The van der Waals surface area contributed by atoms with Crippen LogP contribution in [-0.4, -0.2) is 28.7 Å². The lowest BCUT2D eigenvalue weighted by molar-refractivity contribution is -0.141. The number of hydrogen-bond donors (Lipinski definition) is 3. The van der Waals surface area contributed by atoms with Crippen molar-refractivity contribution in [2.45, 2.75) is 38.1 Å². The molecule has 1 aromatic carbocycles. The maximum absolute atomic E-state index is 11.7. The van der Waals surface area contributed by atoms with Crippen LogP contribution >= 0.6 is 11.3 Å². The molecule has 1 aromatic heterocycles. The first kappa shape index (κ1) is 16.4. The van der Waals surface area contributed by atoms with Gasteiger partial charge in [-0.15, -0.1) is 11.3 Å². The van der Waals surface area contributed by atoms with Crippen LogP contribution in [0, 0.1) is 0 Å². The van der Waals surface area contributed by atoms with Crippen LogP contribution in [0.4, 0.5) is 0 Å². The molecule has 2 aromatic rings. The monoisotopic (exact) mass is 346 g/mol. The number of nitrogens with one attached hydrogen (secondary N) is 3. The normalized spacial score (nSPS) is 13.5. The fourth-order valence-corrected chi connectivity index (χ4v) is 3.16. The highest BCUT2D eigenvalue weighted by Crippen LogP contribution is 2.22. The molecule has 1 fully saturated rings. The van der Waals surface area contributed by atoms with E-state index in [2.05, 4.69) is 21.2 Å². The first-order valence-electron chi connectivity index (χ1n) is 7.86. The van der Waals surface area contributed by atoms with Crippen molar-refractivity contribution in [1.82, 2.24) is 21.2 Å². The zero-order valence-electron chi connectivity index (χ0n) is 13.0. The van der Waals surface area contributed by atoms with Gasteiger partial charge in [0.2, 0.25) is 5.91 Å². The van der Waals surface area contributed by atoms with Gasteiger partial charge in [-0.2, -0.15) is 0 Å². The molecule has 0 bridgehead atoms. The fraction of sp³-hybridized carbons (Fsp3) is 0.375. The van der Waals surface area contributed by atoms with Crippen LogP contribution in [0.5, 0.6) is 0 Å². The standard InChI is InChI=1S/C16H18N4O3S/c21-13(19-20-16(23)15(22)17-10-8-9-10)6-3-7-14-18-11-4-1-2-5-12(11)24-14/h1-2,4-5,10H,3,6-9H2,(H,17,22)(H,19,21)(H,20,23). The SMILES string of the molecule is O=C(CCCc1nc2ccccc2s1)NNC(=O)C(=O)NC1CC1. The molecule has 0 radical (unpaired) electrons. The smallest absolute Gasteiger partial charge is 0.327 e. The summed E-state index contributed by atoms with van der Waals surface area (Å²) in [7, 11) is 0. The van der Waals surface area contributed by atoms with Gasteiger partial charge in [0.1, 0.15) is 0 Å². The molecule has 1 saturated carbocycles. The van der Waals surface area contributed by atoms with Gasteiger partial charge in [-0.3, -0.25) is 25.2 Å². The Morgan fingerprint density at radius 3 is 2.67 bits per heavy atom. The quantitative estimate of drug-likeness (QED) is 0.556. The van der Waals surface area contributed by atoms with Crippen molar-refractivity contribution in [2.75, 3.05) is 0 Å². The molecule has 0 atom stereocenters. The van der Waals surface area contributed by atoms with E-state index >= 15 is 0 Å². The highest BCUT2D eigenvalue weighted by atomic mass is 32.1. The Balaban J connectivity index is 1.36. The van der Waals surface area contributed by atoms with E-state index in [-0.39, 0.29) is 18.4 Å². The Morgan fingerprint density at radius 1 is 1.12 bits per heavy atom. The number of rotatable bonds is 5. The summed E-state index contributed by atoms with van der Waals surface area (Å²) >= 11 is 1.62. The van der Waals surface area contributed by atoms with Gasteiger partial charge in [0.15, 0.2) is 0 Å². The Labute approximate surface area is 142 Å². The Hall–Kier alpha value is -2.48. The Morgan fingerprint density at radius 2 is 1.92 bits per heavy atom. The number of hydrazine groups is 1. The summed E-state index contributed by atoms with van der Waals surface area (Å²) in [4.78, 5) is 39.1. The number of benzene rings is 1. The number of hydrogen-bond acceptors (Lipinski definition) is 5. The molecule has 0 saturated heterocycles. The molecule has 3 rings (SSSR count). The zero-order valence-corrected chi connectivity index (χ0v) is 13.8. The van der Waals surface area contributed by atoms with E-state index in [9.17, 15) is 14.4 Å². The molecule has 3 amide bonds. The summed E-state index contributed by atoms with van der Waals surface area (Å²) in [6, 6.07) is 8.00. The van der Waals surface area contributed by atoms with E-state index in [1.807, 2.05) is 24.3 Å². The van der Waals surface area contributed by atoms with Gasteiger partial charge in [-0.05, 0) is 37.8 Å². The van der Waals surface area contributed by atoms with Gasteiger partial charge in [0.25, 0.3) is 0 Å². The van der Waals surface area contributed by atoms with E-state index in [1.165, 1.54) is 0 Å². The van der Waals surface area contributed by atoms with Crippen molar-refractivity contribution < 1.29 is 14.4 Å². The molecular formula is C16H18N4O3S. The number of amides is 3. The van der Waals surface area contributed by atoms with Crippen LogP contribution in [-0.2, 0) is 20.8 Å². The molecule has 1 aliphatic carbocycles. The number of para-hydroxylation sites is 1. The molecule has 0 aliphatic heterocycles. The second-order valence-electron chi connectivity index (χ2n) is 5.68. The highest BCUT2D eigenvalue weighted by Gasteiger charge is 2.26. The first-order valence-corrected chi connectivity index (χ1v) is 8.67. The molecule has 8 heteroatoms. The average molecular weight is 346 g/mol. The van der Waals surface area contributed by atoms with Crippen molar-refractivity contribution >= 4 is 39.3 Å². The molecule has 1 heterocycles. The summed E-state index contributed by atoms with van der Waals surface area (Å²) in [5, 5.41) is 3.53. The van der Waals surface area contributed by atoms with E-state index in [0.29, 0.717) is 12.8 Å². The minimum Gasteiger partial charge on any atom is -0.345 e. The third-order valence-electron chi connectivity index (χ3n) is 3.57. The molecule has 126 valence electrons. The first-order chi connectivity index (χ1) is 11.6. The second-order valence-corrected chi connectivity index (χ2v) is 6.79. The number of carbonyl (C=O) groups excluding carboxylic acids is 3. The van der Waals surface area contributed by atoms with E-state index < -0.39 is 11.8 Å². The average Bonchev–Trinajstić information content (AvgIpc) is 3.28. The molecule has 1 aliphatic rings. The second kappa shape index (κ2) is 7.39. The lowest BCUT2D eigenvalue weighted by atomic mass is 10.2. The third kappa shape index (κ3) is 4.51. The van der Waals surface area contributed by atoms with Crippen LogP contribution in [0.3, 0.4) is 0 Å². The Bertz CT molecular complexity index is 737. The maximum Gasteiger partial charge on any atom is 0.327 e. The Kier molecular flexibility index (Phi) is 5.05. The molecule has 3 N–H and O–H groups in total. The van der Waals surface area contributed by atoms with Gasteiger partial charge in [0.05, 0.1) is 15.2 Å². The summed E-state index contributed by atoms with van der Waals surface area (Å²) < 4.78 is 1.13. The van der Waals surface area contributed by atoms with Crippen molar-refractivity contribution in [3.63, 3.8) is 0 Å². The predicted molar refractivity (Wildman–Crippen MR) is 90.0 cm³/mol. The third-order valence-corrected chi connectivity index (χ3v) is 4.66. The van der Waals surface area contributed by atoms with Crippen LogP contribution in [0.15, 0.2) is 24.3 Å². The van der Waals surface area contributed by atoms with Crippen LogP contribution in [0.1, 0.15) is 30.7 Å². The molecular weight excluding hydrogens is 328 g/mol. The number of thiazole rings is 1. The van der Waals surface area contributed by atoms with Crippen LogP contribution < -0.4 is 16.2 Å². The number of fused-ring (bicyclic) bond motifs is 1. The summed E-state index contributed by atoms with van der Waals surface area (Å²) in [6.07, 6.45) is 3.37. The van der Waals surface area contributed by atoms with Gasteiger partial charge in [0, 0.05) is 12.5 Å². The van der Waals surface area contributed by atoms with Crippen molar-refractivity contribution in [2.24, 2.45) is 0 Å². The van der Waals surface area contributed by atoms with Gasteiger partial charge in [-0.25, -0.2) is 4.98 Å². The molecule has 7 nitrogen and oxygen atoms in total. The predicted octanol–water partition coefficient (Wildman–Crippen LogP) is 1.04. The van der Waals surface area contributed by atoms with Crippen molar-refractivity contribution in [1.29, 1.82) is 0 Å².